The van der Waals surface area contributed by atoms with Crippen molar-refractivity contribution < 1.29 is 4.74 Å². The van der Waals surface area contributed by atoms with Crippen LogP contribution in [0.15, 0.2) is 60.8 Å². The van der Waals surface area contributed by atoms with Crippen molar-refractivity contribution in [2.24, 2.45) is 0 Å². The Hall–Kier alpha value is -3.60. The van der Waals surface area contributed by atoms with E-state index in [-0.39, 0.29) is 0 Å². The van der Waals surface area contributed by atoms with Gasteiger partial charge in [0.1, 0.15) is 5.82 Å². The lowest BCUT2D eigenvalue weighted by Crippen LogP contribution is -2.37. The van der Waals surface area contributed by atoms with Crippen LogP contribution in [0.4, 0.5) is 11.5 Å². The maximum atomic E-state index is 5.62. The molecule has 202 valence electrons. The van der Waals surface area contributed by atoms with Gasteiger partial charge >= 0.3 is 0 Å². The highest BCUT2D eigenvalue weighted by Crippen LogP contribution is 2.32. The molecule has 0 atom stereocenters. The Morgan fingerprint density at radius 3 is 2.44 bits per heavy atom. The first kappa shape index (κ1) is 25.7. The zero-order chi connectivity index (χ0) is 26.6. The molecule has 0 unspecified atom stereocenters. The smallest absolute Gasteiger partial charge is 0.170 e. The second kappa shape index (κ2) is 11.6. The Bertz CT molecular complexity index is 1410. The third kappa shape index (κ3) is 5.73. The van der Waals surface area contributed by atoms with Crippen LogP contribution < -0.4 is 15.5 Å². The van der Waals surface area contributed by atoms with Crippen molar-refractivity contribution in [1.29, 1.82) is 0 Å². The molecule has 6 rings (SSSR count). The van der Waals surface area contributed by atoms with Gasteiger partial charge in [-0.2, -0.15) is 5.10 Å². The average molecular weight is 543 g/mol. The van der Waals surface area contributed by atoms with Crippen molar-refractivity contribution in [1.82, 2.24) is 30.0 Å². The molecule has 0 saturated carbocycles. The fourth-order valence-electron chi connectivity index (χ4n) is 5.38. The number of morpholine rings is 1. The monoisotopic (exact) mass is 542 g/mol. The minimum Gasteiger partial charge on any atom is -0.378 e. The van der Waals surface area contributed by atoms with Crippen LogP contribution >= 0.6 is 12.2 Å². The van der Waals surface area contributed by atoms with Gasteiger partial charge in [-0.05, 0) is 54.9 Å². The van der Waals surface area contributed by atoms with Gasteiger partial charge in [0.2, 0.25) is 0 Å². The summed E-state index contributed by atoms with van der Waals surface area (Å²) in [6, 6.07) is 19.1. The van der Waals surface area contributed by atoms with Crippen molar-refractivity contribution in [3.63, 3.8) is 0 Å². The molecule has 9 nitrogen and oxygen atoms in total. The van der Waals surface area contributed by atoms with E-state index >= 15 is 0 Å². The zero-order valence-corrected chi connectivity index (χ0v) is 23.0. The van der Waals surface area contributed by atoms with Crippen LogP contribution in [-0.2, 0) is 11.3 Å². The Labute approximate surface area is 234 Å². The Balaban J connectivity index is 1.29. The van der Waals surface area contributed by atoms with E-state index in [0.717, 1.165) is 73.7 Å². The van der Waals surface area contributed by atoms with Gasteiger partial charge in [0.15, 0.2) is 16.6 Å². The molecule has 4 heterocycles. The molecule has 0 radical (unpaired) electrons. The summed E-state index contributed by atoms with van der Waals surface area (Å²) in [5.74, 6) is 1.64. The third-order valence-electron chi connectivity index (χ3n) is 7.52. The largest absolute Gasteiger partial charge is 0.378 e. The van der Waals surface area contributed by atoms with E-state index in [1.54, 1.807) is 7.05 Å². The molecule has 0 amide bonds. The summed E-state index contributed by atoms with van der Waals surface area (Å²) in [6.07, 6.45) is 4.04. The van der Waals surface area contributed by atoms with Crippen molar-refractivity contribution in [2.45, 2.75) is 25.4 Å². The highest BCUT2D eigenvalue weighted by Gasteiger charge is 2.26. The lowest BCUT2D eigenvalue weighted by atomic mass is 10.0. The summed E-state index contributed by atoms with van der Waals surface area (Å²) in [6.45, 7) is 6.07. The zero-order valence-electron chi connectivity index (χ0n) is 22.2. The van der Waals surface area contributed by atoms with Gasteiger partial charge in [-0.25, -0.2) is 14.6 Å². The molecule has 2 aliphatic heterocycles. The standard InChI is InChI=1S/C29H34N8OS/c1-30-29(39)32-23-9-7-22(8-10-23)26-33-27(36-15-17-38-18-16-36)25-19-31-37(28(25)34-26)24-11-13-35(14-12-24)20-21-5-3-2-4-6-21/h2-10,19,24H,11-18,20H2,1H3,(H2,30,32,39). The summed E-state index contributed by atoms with van der Waals surface area (Å²) in [5.41, 5.74) is 4.14. The number of thiocarbonyl (C=S) groups is 1. The maximum absolute atomic E-state index is 5.62. The van der Waals surface area contributed by atoms with Gasteiger partial charge in [-0.15, -0.1) is 0 Å². The Morgan fingerprint density at radius 1 is 0.974 bits per heavy atom. The second-order valence-electron chi connectivity index (χ2n) is 10.1. The number of likely N-dealkylation sites (tertiary alicyclic amines) is 1. The van der Waals surface area contributed by atoms with Gasteiger partial charge in [0.05, 0.1) is 30.8 Å². The first-order valence-corrected chi connectivity index (χ1v) is 14.0. The molecule has 2 aromatic carbocycles. The van der Waals surface area contributed by atoms with Gasteiger partial charge in [0, 0.05) is 51.0 Å². The quantitative estimate of drug-likeness (QED) is 0.350. The number of nitrogens with zero attached hydrogens (tertiary/aromatic N) is 6. The summed E-state index contributed by atoms with van der Waals surface area (Å²) < 4.78 is 7.77. The van der Waals surface area contributed by atoms with Crippen LogP contribution in [0.1, 0.15) is 24.4 Å². The molecule has 10 heteroatoms. The van der Waals surface area contributed by atoms with E-state index in [1.807, 2.05) is 30.5 Å². The lowest BCUT2D eigenvalue weighted by Gasteiger charge is -2.32. The normalized spacial score (nSPS) is 16.9. The maximum Gasteiger partial charge on any atom is 0.170 e. The predicted octanol–water partition coefficient (Wildman–Crippen LogP) is 4.08. The van der Waals surface area contributed by atoms with E-state index in [1.165, 1.54) is 5.56 Å². The summed E-state index contributed by atoms with van der Waals surface area (Å²) in [7, 11) is 1.80. The van der Waals surface area contributed by atoms with E-state index in [9.17, 15) is 0 Å². The fraction of sp³-hybridized carbons (Fsp3) is 0.379. The van der Waals surface area contributed by atoms with E-state index in [4.69, 9.17) is 32.0 Å². The molecule has 0 bridgehead atoms. The van der Waals surface area contributed by atoms with Crippen LogP contribution in [0.3, 0.4) is 0 Å². The number of aromatic nitrogens is 4. The van der Waals surface area contributed by atoms with Crippen molar-refractivity contribution >= 4 is 39.9 Å². The number of anilines is 2. The molecule has 2 fully saturated rings. The van der Waals surface area contributed by atoms with Crippen molar-refractivity contribution in [3.05, 3.63) is 66.4 Å². The van der Waals surface area contributed by atoms with E-state index in [2.05, 4.69) is 55.4 Å². The molecule has 4 aromatic rings. The molecular formula is C29H34N8OS. The minimum absolute atomic E-state index is 0.309. The van der Waals surface area contributed by atoms with Gasteiger partial charge in [-0.3, -0.25) is 4.90 Å². The number of ether oxygens (including phenoxy) is 1. The minimum atomic E-state index is 0.309. The number of piperidine rings is 1. The Kier molecular flexibility index (Phi) is 7.67. The summed E-state index contributed by atoms with van der Waals surface area (Å²) in [4.78, 5) is 15.0. The lowest BCUT2D eigenvalue weighted by molar-refractivity contribution is 0.122. The number of hydrogen-bond donors (Lipinski definition) is 2. The van der Waals surface area contributed by atoms with Crippen LogP contribution in [0.2, 0.25) is 0 Å². The summed E-state index contributed by atoms with van der Waals surface area (Å²) >= 11 is 5.24. The van der Waals surface area contributed by atoms with E-state index in [0.29, 0.717) is 30.2 Å². The Morgan fingerprint density at radius 2 is 1.72 bits per heavy atom. The molecule has 2 N–H and O–H groups in total. The molecule has 2 aromatic heterocycles. The predicted molar refractivity (Wildman–Crippen MR) is 159 cm³/mol. The average Bonchev–Trinajstić information content (AvgIpc) is 3.42. The molecule has 0 spiro atoms. The molecule has 39 heavy (non-hydrogen) atoms. The highest BCUT2D eigenvalue weighted by atomic mass is 32.1. The van der Waals surface area contributed by atoms with Gasteiger partial charge in [0.25, 0.3) is 0 Å². The van der Waals surface area contributed by atoms with Crippen LogP contribution in [0.25, 0.3) is 22.4 Å². The topological polar surface area (TPSA) is 83.4 Å². The fourth-order valence-corrected chi connectivity index (χ4v) is 5.50. The number of benzene rings is 2. The number of fused-ring (bicyclic) bond motifs is 1. The molecule has 0 aliphatic carbocycles. The number of hydrogen-bond acceptors (Lipinski definition) is 7. The van der Waals surface area contributed by atoms with Gasteiger partial charge < -0.3 is 20.3 Å². The van der Waals surface area contributed by atoms with Crippen LogP contribution in [-0.4, -0.2) is 76.2 Å². The van der Waals surface area contributed by atoms with Crippen LogP contribution in [0, 0.1) is 0 Å². The molecular weight excluding hydrogens is 508 g/mol. The van der Waals surface area contributed by atoms with Crippen molar-refractivity contribution in [2.75, 3.05) is 56.7 Å². The van der Waals surface area contributed by atoms with Crippen LogP contribution in [0.5, 0.6) is 0 Å². The first-order chi connectivity index (χ1) is 19.2. The highest BCUT2D eigenvalue weighted by molar-refractivity contribution is 7.80. The third-order valence-corrected chi connectivity index (χ3v) is 7.83. The van der Waals surface area contributed by atoms with Crippen molar-refractivity contribution in [3.8, 4) is 11.4 Å². The SMILES string of the molecule is CNC(=S)Nc1ccc(-c2nc(N3CCOCC3)c3cnn(C4CCN(Cc5ccccc5)CC4)c3n2)cc1. The van der Waals surface area contributed by atoms with E-state index < -0.39 is 0 Å². The number of nitrogens with one attached hydrogen (secondary N) is 2. The number of rotatable bonds is 6. The van der Waals surface area contributed by atoms with Gasteiger partial charge in [-0.1, -0.05) is 30.3 Å². The summed E-state index contributed by atoms with van der Waals surface area (Å²) in [5, 5.41) is 12.6. The second-order valence-corrected chi connectivity index (χ2v) is 10.5. The molecule has 2 aliphatic rings. The molecule has 2 saturated heterocycles. The first-order valence-electron chi connectivity index (χ1n) is 13.6.